The van der Waals surface area contributed by atoms with Gasteiger partial charge in [-0.05, 0) is 100 Å². The van der Waals surface area contributed by atoms with E-state index in [1.54, 1.807) is 7.11 Å². The fourth-order valence-corrected chi connectivity index (χ4v) is 7.13. The summed E-state index contributed by atoms with van der Waals surface area (Å²) in [6.45, 7) is 18.5. The maximum Gasteiger partial charge on any atom is 0.118 e. The molecule has 0 amide bonds. The molecule has 5 rings (SSSR count). The molecule has 1 saturated carbocycles. The number of hydrogen-bond donors (Lipinski definition) is 0. The van der Waals surface area contributed by atoms with Gasteiger partial charge in [-0.3, -0.25) is 19.7 Å². The molecule has 5 nitrogen and oxygen atoms in total. The minimum atomic E-state index is 0.295. The molecule has 1 aromatic heterocycles. The van der Waals surface area contributed by atoms with Crippen LogP contribution >= 0.6 is 0 Å². The van der Waals surface area contributed by atoms with Crippen LogP contribution < -0.4 is 4.74 Å². The fraction of sp³-hybridized carbons (Fsp3) is 0.656. The summed E-state index contributed by atoms with van der Waals surface area (Å²) in [5.74, 6) is 1.36. The molecule has 202 valence electrons. The van der Waals surface area contributed by atoms with Crippen molar-refractivity contribution >= 4 is 0 Å². The van der Waals surface area contributed by atoms with E-state index in [1.807, 2.05) is 6.20 Å². The predicted octanol–water partition coefficient (Wildman–Crippen LogP) is 6.12. The Hall–Kier alpha value is -1.95. The second-order valence-electron chi connectivity index (χ2n) is 13.2. The van der Waals surface area contributed by atoms with E-state index in [0.29, 0.717) is 29.0 Å². The number of nitrogens with zero attached hydrogens (tertiary/aromatic N) is 4. The average Bonchev–Trinajstić information content (AvgIpc) is 2.87. The van der Waals surface area contributed by atoms with E-state index in [9.17, 15) is 0 Å². The lowest BCUT2D eigenvalue weighted by molar-refractivity contribution is -0.0859. The Morgan fingerprint density at radius 2 is 1.70 bits per heavy atom. The molecule has 0 radical (unpaired) electrons. The van der Waals surface area contributed by atoms with Crippen LogP contribution in [0.3, 0.4) is 0 Å². The van der Waals surface area contributed by atoms with E-state index in [-0.39, 0.29) is 0 Å². The lowest BCUT2D eigenvalue weighted by Crippen LogP contribution is -2.60. The summed E-state index contributed by atoms with van der Waals surface area (Å²) >= 11 is 0. The molecule has 2 saturated heterocycles. The number of likely N-dealkylation sites (tertiary alicyclic amines) is 1. The zero-order chi connectivity index (χ0) is 26.2. The molecule has 37 heavy (non-hydrogen) atoms. The molecule has 3 heterocycles. The number of methoxy groups -OCH3 is 1. The van der Waals surface area contributed by atoms with Crippen molar-refractivity contribution in [2.24, 2.45) is 5.41 Å². The first-order chi connectivity index (χ1) is 17.7. The zero-order valence-electron chi connectivity index (χ0n) is 24.0. The van der Waals surface area contributed by atoms with Gasteiger partial charge in [0.25, 0.3) is 0 Å². The molecular formula is C32H48N4O. The Bertz CT molecular complexity index is 1030. The van der Waals surface area contributed by atoms with Crippen LogP contribution in [0.2, 0.25) is 0 Å². The minimum absolute atomic E-state index is 0.295. The van der Waals surface area contributed by atoms with Crippen LogP contribution in [0, 0.1) is 5.41 Å². The van der Waals surface area contributed by atoms with Crippen molar-refractivity contribution in [3.05, 3.63) is 59.4 Å². The lowest BCUT2D eigenvalue weighted by Gasteiger charge is -2.59. The number of ether oxygens (including phenoxy) is 1. The quantitative estimate of drug-likeness (QED) is 0.473. The molecule has 1 unspecified atom stereocenters. The summed E-state index contributed by atoms with van der Waals surface area (Å²) in [5.41, 5.74) is 4.95. The monoisotopic (exact) mass is 504 g/mol. The summed E-state index contributed by atoms with van der Waals surface area (Å²) in [5, 5.41) is 0. The number of aromatic nitrogens is 1. The zero-order valence-corrected chi connectivity index (χ0v) is 24.0. The second-order valence-corrected chi connectivity index (χ2v) is 13.2. The topological polar surface area (TPSA) is 31.8 Å². The van der Waals surface area contributed by atoms with Gasteiger partial charge in [0.1, 0.15) is 5.75 Å². The molecule has 1 spiro atoms. The van der Waals surface area contributed by atoms with Gasteiger partial charge in [0.15, 0.2) is 0 Å². The minimum Gasteiger partial charge on any atom is -0.497 e. The standard InChI is InChI=1S/C32H48N4O/c1-24(2)30-28(8-7-15-33-30)29-23-34(22-25-9-11-27(37-6)12-10-25)18-19-36(29)26-20-32(21-26)13-16-35(17-14-32)31(3,4)5/h7-12,15,24,26,29H,13-14,16-23H2,1-6H3. The van der Waals surface area contributed by atoms with E-state index < -0.39 is 0 Å². The van der Waals surface area contributed by atoms with Gasteiger partial charge >= 0.3 is 0 Å². The lowest BCUT2D eigenvalue weighted by atomic mass is 9.59. The van der Waals surface area contributed by atoms with E-state index in [0.717, 1.165) is 31.9 Å². The Labute approximate surface area is 225 Å². The largest absolute Gasteiger partial charge is 0.497 e. The van der Waals surface area contributed by atoms with E-state index in [4.69, 9.17) is 9.72 Å². The highest BCUT2D eigenvalue weighted by atomic mass is 16.5. The van der Waals surface area contributed by atoms with Crippen molar-refractivity contribution in [3.8, 4) is 5.75 Å². The fourth-order valence-electron chi connectivity index (χ4n) is 7.13. The van der Waals surface area contributed by atoms with Gasteiger partial charge in [0.05, 0.1) is 7.11 Å². The van der Waals surface area contributed by atoms with Crippen molar-refractivity contribution in [1.82, 2.24) is 19.7 Å². The summed E-state index contributed by atoms with van der Waals surface area (Å²) in [7, 11) is 1.73. The smallest absolute Gasteiger partial charge is 0.118 e. The van der Waals surface area contributed by atoms with Crippen molar-refractivity contribution in [3.63, 3.8) is 0 Å². The first-order valence-corrected chi connectivity index (χ1v) is 14.5. The average molecular weight is 505 g/mol. The maximum absolute atomic E-state index is 5.37. The van der Waals surface area contributed by atoms with Gasteiger partial charge in [0.2, 0.25) is 0 Å². The molecule has 0 N–H and O–H groups in total. The third-order valence-corrected chi connectivity index (χ3v) is 9.43. The first-order valence-electron chi connectivity index (χ1n) is 14.5. The van der Waals surface area contributed by atoms with Crippen molar-refractivity contribution < 1.29 is 4.74 Å². The number of hydrogen-bond acceptors (Lipinski definition) is 5. The second kappa shape index (κ2) is 10.7. The highest BCUT2D eigenvalue weighted by molar-refractivity contribution is 5.29. The molecular weight excluding hydrogens is 456 g/mol. The van der Waals surface area contributed by atoms with Gasteiger partial charge in [-0.25, -0.2) is 0 Å². The maximum atomic E-state index is 5.37. The number of piperazine rings is 1. The van der Waals surface area contributed by atoms with Gasteiger partial charge in [-0.15, -0.1) is 0 Å². The van der Waals surface area contributed by atoms with Crippen LogP contribution in [0.15, 0.2) is 42.6 Å². The van der Waals surface area contributed by atoms with Crippen LogP contribution in [0.1, 0.15) is 89.1 Å². The van der Waals surface area contributed by atoms with Crippen molar-refractivity contribution in [1.29, 1.82) is 0 Å². The molecule has 2 aliphatic heterocycles. The van der Waals surface area contributed by atoms with Crippen molar-refractivity contribution in [2.45, 2.75) is 90.4 Å². The van der Waals surface area contributed by atoms with Crippen LogP contribution in [0.4, 0.5) is 0 Å². The van der Waals surface area contributed by atoms with Gasteiger partial charge in [-0.1, -0.05) is 32.0 Å². The number of rotatable bonds is 6. The number of pyridine rings is 1. The highest BCUT2D eigenvalue weighted by Crippen LogP contribution is 2.53. The Morgan fingerprint density at radius 1 is 1.00 bits per heavy atom. The SMILES string of the molecule is COc1ccc(CN2CCN(C3CC4(CCN(C(C)(C)C)CC4)C3)C(c3cccnc3C(C)C)C2)cc1. The van der Waals surface area contributed by atoms with Crippen LogP contribution in [-0.4, -0.2) is 71.1 Å². The van der Waals surface area contributed by atoms with Gasteiger partial charge < -0.3 is 4.74 Å². The Kier molecular flexibility index (Phi) is 7.68. The summed E-state index contributed by atoms with van der Waals surface area (Å²) in [4.78, 5) is 13.1. The van der Waals surface area contributed by atoms with E-state index in [1.165, 1.54) is 55.6 Å². The molecule has 3 aliphatic rings. The van der Waals surface area contributed by atoms with Crippen LogP contribution in [0.5, 0.6) is 5.75 Å². The molecule has 1 aliphatic carbocycles. The molecule has 0 bridgehead atoms. The molecule has 1 aromatic carbocycles. The molecule has 2 aromatic rings. The first kappa shape index (κ1) is 26.6. The highest BCUT2D eigenvalue weighted by Gasteiger charge is 2.50. The number of benzene rings is 1. The third-order valence-electron chi connectivity index (χ3n) is 9.43. The predicted molar refractivity (Wildman–Crippen MR) is 152 cm³/mol. The normalized spacial score (nSPS) is 23.9. The van der Waals surface area contributed by atoms with Gasteiger partial charge in [0, 0.05) is 55.7 Å². The van der Waals surface area contributed by atoms with Gasteiger partial charge in [-0.2, -0.15) is 0 Å². The summed E-state index contributed by atoms with van der Waals surface area (Å²) in [6.07, 6.45) is 7.46. The van der Waals surface area contributed by atoms with Crippen molar-refractivity contribution in [2.75, 3.05) is 39.8 Å². The van der Waals surface area contributed by atoms with E-state index in [2.05, 4.69) is 85.7 Å². The summed E-state index contributed by atoms with van der Waals surface area (Å²) < 4.78 is 5.37. The molecule has 1 atom stereocenters. The molecule has 3 fully saturated rings. The summed E-state index contributed by atoms with van der Waals surface area (Å²) in [6, 6.07) is 14.2. The van der Waals surface area contributed by atoms with Crippen LogP contribution in [-0.2, 0) is 6.54 Å². The number of piperidine rings is 1. The Balaban J connectivity index is 1.31. The Morgan fingerprint density at radius 3 is 2.32 bits per heavy atom. The van der Waals surface area contributed by atoms with Crippen LogP contribution in [0.25, 0.3) is 0 Å². The molecule has 5 heteroatoms. The van der Waals surface area contributed by atoms with E-state index >= 15 is 0 Å². The third kappa shape index (κ3) is 5.74.